The van der Waals surface area contributed by atoms with Gasteiger partial charge in [0.2, 0.25) is 5.91 Å². The second kappa shape index (κ2) is 3.66. The Balaban J connectivity index is 2.25. The van der Waals surface area contributed by atoms with Crippen molar-refractivity contribution in [2.45, 2.75) is 6.42 Å². The molecule has 2 nitrogen and oxygen atoms in total. The highest BCUT2D eigenvalue weighted by Gasteiger charge is 2.18. The topological polar surface area (TPSA) is 29.1 Å². The highest BCUT2D eigenvalue weighted by atomic mass is 16.1. The van der Waals surface area contributed by atoms with Gasteiger partial charge in [-0.15, -0.1) is 0 Å². The average molecular weight is 187 g/mol. The van der Waals surface area contributed by atoms with E-state index in [9.17, 15) is 4.79 Å². The molecule has 0 bridgehead atoms. The molecule has 2 rings (SSSR count). The van der Waals surface area contributed by atoms with Crippen molar-refractivity contribution in [1.29, 1.82) is 0 Å². The quantitative estimate of drug-likeness (QED) is 0.711. The summed E-state index contributed by atoms with van der Waals surface area (Å²) in [4.78, 5) is 11.4. The zero-order chi connectivity index (χ0) is 9.97. The van der Waals surface area contributed by atoms with Crippen LogP contribution in [0.25, 0.3) is 6.08 Å². The monoisotopic (exact) mass is 187 g/mol. The van der Waals surface area contributed by atoms with Gasteiger partial charge in [0.05, 0.1) is 5.92 Å². The molecule has 0 fully saturated rings. The number of hydrogen-bond acceptors (Lipinski definition) is 1. The van der Waals surface area contributed by atoms with E-state index in [2.05, 4.69) is 17.4 Å². The van der Waals surface area contributed by atoms with Crippen molar-refractivity contribution in [2.75, 3.05) is 7.05 Å². The molecule has 1 aliphatic rings. The van der Waals surface area contributed by atoms with Crippen LogP contribution in [-0.4, -0.2) is 13.0 Å². The predicted octanol–water partition coefficient (Wildman–Crippen LogP) is 1.62. The maximum Gasteiger partial charge on any atom is 0.227 e. The molecule has 1 amide bonds. The first-order valence-corrected chi connectivity index (χ1v) is 4.79. The van der Waals surface area contributed by atoms with Crippen molar-refractivity contribution in [3.8, 4) is 0 Å². The van der Waals surface area contributed by atoms with Gasteiger partial charge < -0.3 is 5.32 Å². The van der Waals surface area contributed by atoms with Gasteiger partial charge in [0.15, 0.2) is 0 Å². The molecule has 0 saturated heterocycles. The molecule has 1 aliphatic carbocycles. The number of carbonyl (C=O) groups excluding carboxylic acids is 1. The van der Waals surface area contributed by atoms with Gasteiger partial charge in [-0.25, -0.2) is 0 Å². The predicted molar refractivity (Wildman–Crippen MR) is 56.7 cm³/mol. The van der Waals surface area contributed by atoms with Crippen LogP contribution in [0.3, 0.4) is 0 Å². The Morgan fingerprint density at radius 1 is 1.43 bits per heavy atom. The Morgan fingerprint density at radius 2 is 2.21 bits per heavy atom. The second-order valence-corrected chi connectivity index (χ2v) is 3.48. The van der Waals surface area contributed by atoms with Gasteiger partial charge in [0, 0.05) is 7.05 Å². The summed E-state index contributed by atoms with van der Waals surface area (Å²) in [6.45, 7) is 0. The number of rotatable bonds is 1. The fourth-order valence-electron chi connectivity index (χ4n) is 1.77. The first-order chi connectivity index (χ1) is 6.81. The molecule has 0 heterocycles. The summed E-state index contributed by atoms with van der Waals surface area (Å²) in [6, 6.07) is 8.18. The molecule has 72 valence electrons. The largest absolute Gasteiger partial charge is 0.359 e. The van der Waals surface area contributed by atoms with E-state index in [0.29, 0.717) is 0 Å². The van der Waals surface area contributed by atoms with Gasteiger partial charge >= 0.3 is 0 Å². The van der Waals surface area contributed by atoms with E-state index in [4.69, 9.17) is 0 Å². The van der Waals surface area contributed by atoms with E-state index in [-0.39, 0.29) is 11.8 Å². The van der Waals surface area contributed by atoms with E-state index in [1.54, 1.807) is 7.05 Å². The molecule has 0 aromatic heterocycles. The van der Waals surface area contributed by atoms with Crippen LogP contribution in [0, 0.1) is 5.92 Å². The number of benzene rings is 1. The van der Waals surface area contributed by atoms with Gasteiger partial charge in [-0.3, -0.25) is 4.79 Å². The molecular formula is C12H13NO. The third-order valence-corrected chi connectivity index (χ3v) is 2.59. The normalized spacial score (nSPS) is 18.8. The van der Waals surface area contributed by atoms with Crippen molar-refractivity contribution in [2.24, 2.45) is 5.92 Å². The lowest BCUT2D eigenvalue weighted by molar-refractivity contribution is -0.123. The molecule has 2 heteroatoms. The maximum absolute atomic E-state index is 11.4. The van der Waals surface area contributed by atoms with Crippen LogP contribution in [-0.2, 0) is 11.2 Å². The minimum absolute atomic E-state index is 0.00472. The van der Waals surface area contributed by atoms with Crippen LogP contribution in [0.5, 0.6) is 0 Å². The number of amides is 1. The lowest BCUT2D eigenvalue weighted by Crippen LogP contribution is -2.28. The summed E-state index contributed by atoms with van der Waals surface area (Å²) in [7, 11) is 1.68. The standard InChI is InChI=1S/C12H13NO/c1-13-12(14)11-7-6-9-4-2-3-5-10(9)8-11/h2-7,11H,8H2,1H3,(H,13,14). The summed E-state index contributed by atoms with van der Waals surface area (Å²) in [5, 5.41) is 2.68. The summed E-state index contributed by atoms with van der Waals surface area (Å²) < 4.78 is 0. The van der Waals surface area contributed by atoms with Crippen molar-refractivity contribution >= 4 is 12.0 Å². The molecule has 1 unspecified atom stereocenters. The summed E-state index contributed by atoms with van der Waals surface area (Å²) >= 11 is 0. The summed E-state index contributed by atoms with van der Waals surface area (Å²) in [5.74, 6) is 0.0886. The highest BCUT2D eigenvalue weighted by Crippen LogP contribution is 2.22. The van der Waals surface area contributed by atoms with Gasteiger partial charge in [0.25, 0.3) is 0 Å². The average Bonchev–Trinajstić information content (AvgIpc) is 2.27. The van der Waals surface area contributed by atoms with E-state index >= 15 is 0 Å². The van der Waals surface area contributed by atoms with Crippen LogP contribution in [0.2, 0.25) is 0 Å². The lowest BCUT2D eigenvalue weighted by atomic mass is 9.89. The van der Waals surface area contributed by atoms with Crippen LogP contribution in [0.1, 0.15) is 11.1 Å². The van der Waals surface area contributed by atoms with Crippen LogP contribution >= 0.6 is 0 Å². The molecule has 0 aliphatic heterocycles. The third-order valence-electron chi connectivity index (χ3n) is 2.59. The first kappa shape index (κ1) is 9.00. The van der Waals surface area contributed by atoms with Gasteiger partial charge in [0.1, 0.15) is 0 Å². The molecule has 14 heavy (non-hydrogen) atoms. The van der Waals surface area contributed by atoms with Gasteiger partial charge in [-0.05, 0) is 17.5 Å². The van der Waals surface area contributed by atoms with Crippen molar-refractivity contribution < 1.29 is 4.79 Å². The molecular weight excluding hydrogens is 174 g/mol. The highest BCUT2D eigenvalue weighted by molar-refractivity contribution is 5.82. The van der Waals surface area contributed by atoms with Crippen LogP contribution < -0.4 is 5.32 Å². The van der Waals surface area contributed by atoms with Crippen LogP contribution in [0.4, 0.5) is 0 Å². The first-order valence-electron chi connectivity index (χ1n) is 4.79. The molecule has 0 saturated carbocycles. The Hall–Kier alpha value is -1.57. The third kappa shape index (κ3) is 1.55. The molecule has 1 N–H and O–H groups in total. The van der Waals surface area contributed by atoms with E-state index in [1.165, 1.54) is 11.1 Å². The zero-order valence-electron chi connectivity index (χ0n) is 8.16. The Kier molecular flexibility index (Phi) is 2.35. The smallest absolute Gasteiger partial charge is 0.227 e. The van der Waals surface area contributed by atoms with Crippen molar-refractivity contribution in [3.63, 3.8) is 0 Å². The Labute approximate surface area is 83.6 Å². The summed E-state index contributed by atoms with van der Waals surface area (Å²) in [6.07, 6.45) is 4.81. The maximum atomic E-state index is 11.4. The number of fused-ring (bicyclic) bond motifs is 1. The SMILES string of the molecule is CNC(=O)C1C=Cc2ccccc2C1. The van der Waals surface area contributed by atoms with E-state index in [0.717, 1.165) is 6.42 Å². The fourth-order valence-corrected chi connectivity index (χ4v) is 1.77. The minimum Gasteiger partial charge on any atom is -0.359 e. The van der Waals surface area contributed by atoms with E-state index < -0.39 is 0 Å². The van der Waals surface area contributed by atoms with Crippen molar-refractivity contribution in [3.05, 3.63) is 41.5 Å². The molecule has 0 radical (unpaired) electrons. The molecule has 1 atom stereocenters. The van der Waals surface area contributed by atoms with Crippen LogP contribution in [0.15, 0.2) is 30.3 Å². The zero-order valence-corrected chi connectivity index (χ0v) is 8.16. The van der Waals surface area contributed by atoms with Gasteiger partial charge in [-0.2, -0.15) is 0 Å². The fraction of sp³-hybridized carbons (Fsp3) is 0.250. The number of nitrogens with one attached hydrogen (secondary N) is 1. The molecule has 0 spiro atoms. The lowest BCUT2D eigenvalue weighted by Gasteiger charge is -2.17. The van der Waals surface area contributed by atoms with Gasteiger partial charge in [-0.1, -0.05) is 36.4 Å². The minimum atomic E-state index is -0.00472. The Bertz CT molecular complexity index is 382. The molecule has 1 aromatic rings. The number of carbonyl (C=O) groups is 1. The number of hydrogen-bond donors (Lipinski definition) is 1. The Morgan fingerprint density at radius 3 is 3.00 bits per heavy atom. The summed E-state index contributed by atoms with van der Waals surface area (Å²) in [5.41, 5.74) is 2.48. The molecule has 1 aromatic carbocycles. The van der Waals surface area contributed by atoms with Crippen molar-refractivity contribution in [1.82, 2.24) is 5.32 Å². The van der Waals surface area contributed by atoms with E-state index in [1.807, 2.05) is 24.3 Å². The second-order valence-electron chi connectivity index (χ2n) is 3.48.